The fraction of sp³-hybridized carbons (Fsp3) is 0.333. The fourth-order valence-corrected chi connectivity index (χ4v) is 0.773. The average Bonchev–Trinajstić information content (AvgIpc) is 2.36. The molecule has 0 bridgehead atoms. The lowest BCUT2D eigenvalue weighted by molar-refractivity contribution is 0.119. The van der Waals surface area contributed by atoms with Gasteiger partial charge in [-0.25, -0.2) is 8.78 Å². The van der Waals surface area contributed by atoms with Crippen LogP contribution in [0.5, 0.6) is 0 Å². The molecule has 0 aliphatic heterocycles. The second kappa shape index (κ2) is 3.01. The highest BCUT2D eigenvalue weighted by Gasteiger charge is 2.16. The highest BCUT2D eigenvalue weighted by Crippen LogP contribution is 2.20. The first-order chi connectivity index (χ1) is 4.72. The summed E-state index contributed by atoms with van der Waals surface area (Å²) in [5.74, 6) is 0. The van der Waals surface area contributed by atoms with E-state index in [0.717, 1.165) is 0 Å². The van der Waals surface area contributed by atoms with Crippen molar-refractivity contribution in [2.75, 3.05) is 0 Å². The Kier molecular flexibility index (Phi) is 2.27. The zero-order chi connectivity index (χ0) is 7.56. The van der Waals surface area contributed by atoms with Crippen molar-refractivity contribution in [2.45, 2.75) is 11.9 Å². The normalized spacial score (nSPS) is 14.0. The second-order valence-electron chi connectivity index (χ2n) is 1.84. The molecule has 0 aromatic carbocycles. The molecule has 1 aromatic rings. The Hall–Kier alpha value is -0.570. The van der Waals surface area contributed by atoms with E-state index >= 15 is 0 Å². The van der Waals surface area contributed by atoms with Gasteiger partial charge in [-0.1, -0.05) is 11.6 Å². The Balaban J connectivity index is 2.68. The molecule has 4 heteroatoms. The lowest BCUT2D eigenvalue weighted by Crippen LogP contribution is -2.08. The first-order valence-electron chi connectivity index (χ1n) is 2.76. The van der Waals surface area contributed by atoms with Crippen molar-refractivity contribution in [1.82, 2.24) is 4.57 Å². The number of nitrogens with zero attached hydrogens (tertiary/aromatic N) is 1. The van der Waals surface area contributed by atoms with Crippen molar-refractivity contribution in [3.63, 3.8) is 0 Å². The number of aromatic nitrogens is 1. The Morgan fingerprint density at radius 3 is 2.10 bits per heavy atom. The van der Waals surface area contributed by atoms with E-state index in [9.17, 15) is 8.78 Å². The average molecular weight is 166 g/mol. The zero-order valence-corrected chi connectivity index (χ0v) is 5.80. The third-order valence-electron chi connectivity index (χ3n) is 1.12. The summed E-state index contributed by atoms with van der Waals surface area (Å²) in [4.78, 5) is 0. The van der Waals surface area contributed by atoms with Gasteiger partial charge in [-0.05, 0) is 12.1 Å². The third-order valence-corrected chi connectivity index (χ3v) is 1.54. The quantitative estimate of drug-likeness (QED) is 0.594. The van der Waals surface area contributed by atoms with E-state index in [1.165, 1.54) is 17.0 Å². The van der Waals surface area contributed by atoms with Gasteiger partial charge < -0.3 is 4.57 Å². The van der Waals surface area contributed by atoms with E-state index < -0.39 is 11.9 Å². The van der Waals surface area contributed by atoms with E-state index in [2.05, 4.69) is 0 Å². The van der Waals surface area contributed by atoms with Crippen LogP contribution in [0.3, 0.4) is 0 Å². The van der Waals surface area contributed by atoms with Gasteiger partial charge in [0.2, 0.25) is 0 Å². The van der Waals surface area contributed by atoms with Crippen LogP contribution < -0.4 is 0 Å². The Morgan fingerprint density at radius 2 is 1.70 bits per heavy atom. The molecule has 0 fully saturated rings. The minimum Gasteiger partial charge on any atom is -0.333 e. The summed E-state index contributed by atoms with van der Waals surface area (Å²) in [6.45, 7) is 0. The van der Waals surface area contributed by atoms with Gasteiger partial charge in [-0.15, -0.1) is 0 Å². The molecule has 0 N–H and O–H groups in total. The van der Waals surface area contributed by atoms with Crippen LogP contribution in [-0.2, 0) is 0 Å². The van der Waals surface area contributed by atoms with E-state index in [1.807, 2.05) is 0 Å². The molecule has 10 heavy (non-hydrogen) atoms. The molecule has 1 atom stereocenters. The smallest absolute Gasteiger partial charge is 0.272 e. The standard InChI is InChI=1S/C6H6ClF2N/c7-5(6(8)9)10-3-1-2-4-10/h1-6H. The van der Waals surface area contributed by atoms with E-state index in [4.69, 9.17) is 11.6 Å². The topological polar surface area (TPSA) is 4.93 Å². The molecule has 0 saturated heterocycles. The molecule has 1 nitrogen and oxygen atoms in total. The molecule has 1 aromatic heterocycles. The number of rotatable bonds is 2. The maximum Gasteiger partial charge on any atom is 0.272 e. The lowest BCUT2D eigenvalue weighted by atomic mass is 10.6. The van der Waals surface area contributed by atoms with E-state index in [1.54, 1.807) is 12.1 Å². The Labute approximate surface area is 62.2 Å². The molecule has 1 rings (SSSR count). The van der Waals surface area contributed by atoms with Gasteiger partial charge in [-0.3, -0.25) is 0 Å². The molecule has 0 aliphatic carbocycles. The highest BCUT2D eigenvalue weighted by molar-refractivity contribution is 6.19. The molecular formula is C6H6ClF2N. The van der Waals surface area contributed by atoms with E-state index in [-0.39, 0.29) is 0 Å². The van der Waals surface area contributed by atoms with Crippen molar-refractivity contribution >= 4 is 11.6 Å². The minimum absolute atomic E-state index is 1.24. The number of hydrogen-bond donors (Lipinski definition) is 0. The fourth-order valence-electron chi connectivity index (χ4n) is 0.642. The highest BCUT2D eigenvalue weighted by atomic mass is 35.5. The van der Waals surface area contributed by atoms with Crippen LogP contribution in [0.1, 0.15) is 5.50 Å². The molecule has 0 amide bonds. The summed E-state index contributed by atoms with van der Waals surface area (Å²) in [7, 11) is 0. The van der Waals surface area contributed by atoms with Gasteiger partial charge in [0.05, 0.1) is 0 Å². The first-order valence-corrected chi connectivity index (χ1v) is 3.20. The van der Waals surface area contributed by atoms with Gasteiger partial charge in [0.15, 0.2) is 5.50 Å². The molecule has 1 heterocycles. The van der Waals surface area contributed by atoms with Crippen LogP contribution in [0.4, 0.5) is 8.78 Å². The van der Waals surface area contributed by atoms with Crippen molar-refractivity contribution in [3.05, 3.63) is 24.5 Å². The maximum absolute atomic E-state index is 11.8. The van der Waals surface area contributed by atoms with Gasteiger partial charge in [0, 0.05) is 12.4 Å². The van der Waals surface area contributed by atoms with Crippen molar-refractivity contribution < 1.29 is 8.78 Å². The number of alkyl halides is 3. The van der Waals surface area contributed by atoms with Crippen LogP contribution in [0.15, 0.2) is 24.5 Å². The van der Waals surface area contributed by atoms with Gasteiger partial charge in [-0.2, -0.15) is 0 Å². The third kappa shape index (κ3) is 1.48. The molecule has 0 aliphatic rings. The Bertz CT molecular complexity index is 186. The van der Waals surface area contributed by atoms with Gasteiger partial charge in [0.25, 0.3) is 6.43 Å². The summed E-state index contributed by atoms with van der Waals surface area (Å²) >= 11 is 5.30. The summed E-state index contributed by atoms with van der Waals surface area (Å²) in [6.07, 6.45) is 0.488. The van der Waals surface area contributed by atoms with Crippen LogP contribution in [0.2, 0.25) is 0 Å². The molecule has 1 unspecified atom stereocenters. The summed E-state index contributed by atoms with van der Waals surface area (Å²) < 4.78 is 24.9. The van der Waals surface area contributed by atoms with Crippen molar-refractivity contribution in [2.24, 2.45) is 0 Å². The van der Waals surface area contributed by atoms with Gasteiger partial charge >= 0.3 is 0 Å². The van der Waals surface area contributed by atoms with Crippen molar-refractivity contribution in [3.8, 4) is 0 Å². The number of hydrogen-bond acceptors (Lipinski definition) is 0. The predicted molar refractivity (Wildman–Crippen MR) is 35.3 cm³/mol. The zero-order valence-electron chi connectivity index (χ0n) is 5.05. The Morgan fingerprint density at radius 1 is 1.20 bits per heavy atom. The van der Waals surface area contributed by atoms with E-state index in [0.29, 0.717) is 0 Å². The number of halogens is 3. The monoisotopic (exact) mass is 165 g/mol. The minimum atomic E-state index is -2.52. The van der Waals surface area contributed by atoms with Gasteiger partial charge in [0.1, 0.15) is 0 Å². The molecule has 0 saturated carbocycles. The molecule has 56 valence electrons. The van der Waals surface area contributed by atoms with Crippen LogP contribution in [0.25, 0.3) is 0 Å². The lowest BCUT2D eigenvalue weighted by Gasteiger charge is -2.08. The molecule has 0 radical (unpaired) electrons. The summed E-state index contributed by atoms with van der Waals surface area (Å²) in [6, 6.07) is 3.30. The van der Waals surface area contributed by atoms with Crippen LogP contribution in [-0.4, -0.2) is 11.0 Å². The summed E-state index contributed by atoms with van der Waals surface area (Å²) in [5.41, 5.74) is -1.24. The van der Waals surface area contributed by atoms with Crippen LogP contribution in [0, 0.1) is 0 Å². The second-order valence-corrected chi connectivity index (χ2v) is 2.28. The predicted octanol–water partition coefficient (Wildman–Crippen LogP) is 2.49. The SMILES string of the molecule is FC(F)C(Cl)n1cccc1. The largest absolute Gasteiger partial charge is 0.333 e. The van der Waals surface area contributed by atoms with Crippen molar-refractivity contribution in [1.29, 1.82) is 0 Å². The van der Waals surface area contributed by atoms with Crippen LogP contribution >= 0.6 is 11.6 Å². The summed E-state index contributed by atoms with van der Waals surface area (Å²) in [5, 5.41) is 0. The molecular weight excluding hydrogens is 160 g/mol. The first kappa shape index (κ1) is 7.54. The maximum atomic E-state index is 11.8. The molecule has 0 spiro atoms.